The van der Waals surface area contributed by atoms with E-state index in [9.17, 15) is 62.3 Å². The molecule has 35 heteroatoms. The highest BCUT2D eigenvalue weighted by atomic mass is 16.8. The molecule has 0 aromatic heterocycles. The van der Waals surface area contributed by atoms with Gasteiger partial charge in [-0.3, -0.25) is 62.3 Å². The van der Waals surface area contributed by atoms with Gasteiger partial charge in [0.05, 0.1) is 18.5 Å². The molecule has 0 bridgehead atoms. The minimum Gasteiger partial charge on any atom is -0.491 e. The largest absolute Gasteiger partial charge is 0.491 e. The molecule has 5 heterocycles. The van der Waals surface area contributed by atoms with Gasteiger partial charge in [0.1, 0.15) is 56.4 Å². The van der Waals surface area contributed by atoms with E-state index < -0.39 is 238 Å². The van der Waals surface area contributed by atoms with Crippen LogP contribution < -0.4 is 5.32 Å². The Morgan fingerprint density at radius 3 is 1.04 bits per heavy atom. The van der Waals surface area contributed by atoms with Gasteiger partial charge in [0, 0.05) is 90.0 Å². The van der Waals surface area contributed by atoms with Gasteiger partial charge in [-0.2, -0.15) is 0 Å². The van der Waals surface area contributed by atoms with Crippen LogP contribution in [-0.4, -0.2) is 238 Å². The molecule has 0 aromatic carbocycles. The Labute approximate surface area is 520 Å². The Morgan fingerprint density at radius 1 is 0.319 bits per heavy atom. The molecule has 35 nitrogen and oxygen atoms in total. The average Bonchev–Trinajstić information content (AvgIpc) is 1.07. The Kier molecular flexibility index (Phi) is 27.3. The van der Waals surface area contributed by atoms with Crippen LogP contribution >= 0.6 is 0 Å². The average molecular weight is 1310 g/mol. The maximum absolute atomic E-state index is 13.8. The fourth-order valence-electron chi connectivity index (χ4n) is 10.4. The van der Waals surface area contributed by atoms with Crippen molar-refractivity contribution in [2.24, 2.45) is 0 Å². The first-order valence-corrected chi connectivity index (χ1v) is 28.4. The van der Waals surface area contributed by atoms with Gasteiger partial charge in [0.2, 0.25) is 5.91 Å². The first kappa shape index (κ1) is 74.1. The van der Waals surface area contributed by atoms with Crippen molar-refractivity contribution >= 4 is 77.5 Å². The molecule has 91 heavy (non-hydrogen) atoms. The predicted octanol–water partition coefficient (Wildman–Crippen LogP) is -1.04. The lowest BCUT2D eigenvalue weighted by Gasteiger charge is -2.52. The molecule has 0 unspecified atom stereocenters. The second kappa shape index (κ2) is 33.6. The van der Waals surface area contributed by atoms with Gasteiger partial charge in [-0.05, 0) is 19.9 Å². The molecule has 5 aliphatic rings. The minimum atomic E-state index is -2.26. The molecule has 0 spiro atoms. The van der Waals surface area contributed by atoms with Gasteiger partial charge in [0.15, 0.2) is 92.3 Å². The summed E-state index contributed by atoms with van der Waals surface area (Å²) in [5, 5.41) is 2.66. The third kappa shape index (κ3) is 21.5. The molecule has 4 saturated heterocycles. The van der Waals surface area contributed by atoms with Crippen LogP contribution in [0.25, 0.3) is 0 Å². The smallest absolute Gasteiger partial charge is 0.303 e. The standard InChI is InChI=1S/C56H77NO34/c1-21-41(77-27(7)62)47(81-31(11)66)50(84-34(14)69)54(75-21)90-46-40(57-23(3)58)53(86-36-16-17-71-37(18-72-24(4)59)43(36)79-29(9)64)87-38(19-73-25(5)60)44(46)89-56-52(49(83-33(13)68)45(80-30(10)65)39(88-56)20-74-26(6)61)91-55-51(85-35(15)70)48(82-32(12)67)42(22(2)76-55)78-28(8)63/h16-17,21-22,36-56H,18-20H2,1-15H3,(H,57,58)/t21-,22-,36+,37+,38+,39+,40+,41+,42+,43+,44+,45-,46+,47+,48+,49-,50-,51-,52+,53+,54-,55-,56-/m0/s1. The van der Waals surface area contributed by atoms with Gasteiger partial charge in [-0.25, -0.2) is 0 Å². The van der Waals surface area contributed by atoms with Crippen molar-refractivity contribution in [2.75, 3.05) is 19.8 Å². The number of hydrogen-bond donors (Lipinski definition) is 1. The number of esters is 12. The van der Waals surface area contributed by atoms with Gasteiger partial charge in [-0.15, -0.1) is 0 Å². The highest BCUT2D eigenvalue weighted by Gasteiger charge is 2.61. The van der Waals surface area contributed by atoms with E-state index >= 15 is 0 Å². The van der Waals surface area contributed by atoms with Gasteiger partial charge in [-0.1, -0.05) is 0 Å². The fraction of sp³-hybridized carbons (Fsp3) is 0.732. The van der Waals surface area contributed by atoms with E-state index in [2.05, 4.69) is 5.32 Å². The third-order valence-electron chi connectivity index (χ3n) is 13.5. The van der Waals surface area contributed by atoms with E-state index in [1.165, 1.54) is 19.9 Å². The summed E-state index contributed by atoms with van der Waals surface area (Å²) in [6.45, 7) is 13.5. The first-order valence-electron chi connectivity index (χ1n) is 28.4. The van der Waals surface area contributed by atoms with Gasteiger partial charge in [0.25, 0.3) is 0 Å². The van der Waals surface area contributed by atoms with Crippen molar-refractivity contribution < 1.29 is 162 Å². The molecule has 5 aliphatic heterocycles. The molecule has 23 atom stereocenters. The van der Waals surface area contributed by atoms with Crippen molar-refractivity contribution in [1.29, 1.82) is 0 Å². The normalized spacial score (nSPS) is 34.3. The van der Waals surface area contributed by atoms with Gasteiger partial charge < -0.3 is 105 Å². The maximum Gasteiger partial charge on any atom is 0.303 e. The second-order valence-electron chi connectivity index (χ2n) is 21.2. The highest BCUT2D eigenvalue weighted by Crippen LogP contribution is 2.40. The summed E-state index contributed by atoms with van der Waals surface area (Å²) in [5.74, 6) is -12.4. The topological polar surface area (TPSA) is 428 Å². The Bertz CT molecular complexity index is 2680. The molecular weight excluding hydrogens is 1230 g/mol. The number of nitrogens with one attached hydrogen (secondary N) is 1. The van der Waals surface area contributed by atoms with Gasteiger partial charge >= 0.3 is 71.6 Å². The van der Waals surface area contributed by atoms with Crippen LogP contribution in [0.3, 0.4) is 0 Å². The molecule has 1 N–H and O–H groups in total. The van der Waals surface area contributed by atoms with E-state index in [-0.39, 0.29) is 0 Å². The molecule has 0 radical (unpaired) electrons. The summed E-state index contributed by atoms with van der Waals surface area (Å²) in [4.78, 5) is 168. The van der Waals surface area contributed by atoms with Crippen LogP contribution in [0, 0.1) is 0 Å². The summed E-state index contributed by atoms with van der Waals surface area (Å²) in [6.07, 6.45) is -37.0. The predicted molar refractivity (Wildman–Crippen MR) is 287 cm³/mol. The van der Waals surface area contributed by atoms with E-state index in [0.29, 0.717) is 0 Å². The van der Waals surface area contributed by atoms with Crippen molar-refractivity contribution in [3.63, 3.8) is 0 Å². The zero-order valence-corrected chi connectivity index (χ0v) is 52.4. The van der Waals surface area contributed by atoms with Crippen molar-refractivity contribution in [3.05, 3.63) is 12.3 Å². The fourth-order valence-corrected chi connectivity index (χ4v) is 10.4. The molecule has 1 amide bonds. The van der Waals surface area contributed by atoms with Crippen LogP contribution in [-0.2, 0) is 162 Å². The summed E-state index contributed by atoms with van der Waals surface area (Å²) in [5.41, 5.74) is 0. The molecule has 5 rings (SSSR count). The van der Waals surface area contributed by atoms with Crippen molar-refractivity contribution in [1.82, 2.24) is 5.32 Å². The zero-order chi connectivity index (χ0) is 67.9. The van der Waals surface area contributed by atoms with Crippen LogP contribution in [0.2, 0.25) is 0 Å². The van der Waals surface area contributed by atoms with Crippen molar-refractivity contribution in [3.8, 4) is 0 Å². The number of ether oxygens (including phenoxy) is 21. The van der Waals surface area contributed by atoms with E-state index in [1.54, 1.807) is 0 Å². The minimum absolute atomic E-state index is 0.513. The van der Waals surface area contributed by atoms with Crippen LogP contribution in [0.4, 0.5) is 0 Å². The molecular formula is C56H77NO34. The Morgan fingerprint density at radius 2 is 0.637 bits per heavy atom. The van der Waals surface area contributed by atoms with E-state index in [0.717, 1.165) is 96.3 Å². The molecule has 510 valence electrons. The van der Waals surface area contributed by atoms with Crippen LogP contribution in [0.1, 0.15) is 104 Å². The first-order chi connectivity index (χ1) is 42.6. The molecule has 0 aromatic rings. The molecule has 4 fully saturated rings. The van der Waals surface area contributed by atoms with Crippen LogP contribution in [0.15, 0.2) is 12.3 Å². The Hall–Kier alpha value is -7.67. The van der Waals surface area contributed by atoms with E-state index in [1.807, 2.05) is 0 Å². The molecule has 0 aliphatic carbocycles. The highest BCUT2D eigenvalue weighted by molar-refractivity contribution is 5.74. The number of carbonyl (C=O) groups excluding carboxylic acids is 13. The van der Waals surface area contributed by atoms with E-state index in [4.69, 9.17) is 99.5 Å². The number of hydrogen-bond acceptors (Lipinski definition) is 34. The van der Waals surface area contributed by atoms with Crippen LogP contribution in [0.5, 0.6) is 0 Å². The van der Waals surface area contributed by atoms with Crippen molar-refractivity contribution in [2.45, 2.75) is 245 Å². The lowest BCUT2D eigenvalue weighted by Crippen LogP contribution is -2.71. The summed E-state index contributed by atoms with van der Waals surface area (Å²) < 4.78 is 125. The monoisotopic (exact) mass is 1310 g/mol. The SMILES string of the molecule is CC(=O)N[C@H]1[C@H](O[C@@H]2C=CO[C@H](COC(C)=O)[C@@H]2OC(C)=O)O[C@H](COC(C)=O)[C@@H](O[C@@H]2O[C@H](COC(C)=O)[C@H](OC(C)=O)[C@H](OC(C)=O)[C@H]2O[C@@H]2O[C@@H](C)[C@@H](OC(C)=O)[C@@H](OC(C)=O)[C@@H]2OC(C)=O)[C@@H]1O[C@@H]1O[C@@H](C)[C@@H](OC(C)=O)[C@@H](OC(C)=O)[C@@H]1OC(C)=O. The maximum atomic E-state index is 13.8. The number of rotatable bonds is 24. The number of amides is 1. The quantitative estimate of drug-likeness (QED) is 0.0890. The summed E-state index contributed by atoms with van der Waals surface area (Å²) >= 11 is 0. The lowest BCUT2D eigenvalue weighted by molar-refractivity contribution is -0.394. The zero-order valence-electron chi connectivity index (χ0n) is 52.4. The Balaban J connectivity index is 1.86. The third-order valence-corrected chi connectivity index (χ3v) is 13.5. The number of carbonyl (C=O) groups is 13. The molecule has 0 saturated carbocycles. The lowest BCUT2D eigenvalue weighted by atomic mass is 9.93. The summed E-state index contributed by atoms with van der Waals surface area (Å²) in [7, 11) is 0. The second-order valence-corrected chi connectivity index (χ2v) is 21.2. The summed E-state index contributed by atoms with van der Waals surface area (Å²) in [6, 6.07) is -1.86.